The highest BCUT2D eigenvalue weighted by Gasteiger charge is 2.06. The molecule has 0 aliphatic carbocycles. The van der Waals surface area contributed by atoms with Crippen LogP contribution in [0.5, 0.6) is 0 Å². The predicted molar refractivity (Wildman–Crippen MR) is 61.9 cm³/mol. The molecule has 0 unspecified atom stereocenters. The summed E-state index contributed by atoms with van der Waals surface area (Å²) in [6.07, 6.45) is 6.24. The van der Waals surface area contributed by atoms with Crippen molar-refractivity contribution >= 4 is 0 Å². The third-order valence-electron chi connectivity index (χ3n) is 2.34. The molecule has 0 aliphatic rings. The second-order valence-corrected chi connectivity index (χ2v) is 4.33. The van der Waals surface area contributed by atoms with E-state index in [0.29, 0.717) is 5.92 Å². The van der Waals surface area contributed by atoms with Crippen LogP contribution in [0.4, 0.5) is 0 Å². The van der Waals surface area contributed by atoms with Gasteiger partial charge in [0, 0.05) is 25.4 Å². The van der Waals surface area contributed by atoms with Crippen LogP contribution in [0.15, 0.2) is 30.9 Å². The summed E-state index contributed by atoms with van der Waals surface area (Å²) in [5, 5.41) is 8.11. The van der Waals surface area contributed by atoms with Gasteiger partial charge in [0.15, 0.2) is 0 Å². The fourth-order valence-corrected chi connectivity index (χ4v) is 1.65. The van der Waals surface area contributed by atoms with E-state index >= 15 is 0 Å². The van der Waals surface area contributed by atoms with Gasteiger partial charge in [0.05, 0.1) is 0 Å². The van der Waals surface area contributed by atoms with Crippen LogP contribution in [0.1, 0.15) is 25.2 Å². The molecule has 0 bridgehead atoms. The third kappa shape index (κ3) is 2.66. The number of nitrogens with zero attached hydrogens (tertiary/aromatic N) is 4. The van der Waals surface area contributed by atoms with Crippen LogP contribution < -0.4 is 0 Å². The minimum atomic E-state index is 0.601. The highest BCUT2D eigenvalue weighted by atomic mass is 15.3. The van der Waals surface area contributed by atoms with Gasteiger partial charge in [0.2, 0.25) is 0 Å². The smallest absolute Gasteiger partial charge is 0.137 e. The lowest BCUT2D eigenvalue weighted by atomic mass is 10.2. The molecule has 0 N–H and O–H groups in total. The summed E-state index contributed by atoms with van der Waals surface area (Å²) in [5.41, 5.74) is 1.17. The van der Waals surface area contributed by atoms with E-state index in [1.807, 2.05) is 12.3 Å². The molecule has 0 saturated heterocycles. The van der Waals surface area contributed by atoms with E-state index in [9.17, 15) is 0 Å². The van der Waals surface area contributed by atoms with Crippen molar-refractivity contribution < 1.29 is 0 Å². The third-order valence-corrected chi connectivity index (χ3v) is 2.34. The highest BCUT2D eigenvalue weighted by Crippen LogP contribution is 2.07. The molecule has 2 heterocycles. The van der Waals surface area contributed by atoms with Crippen LogP contribution in [-0.2, 0) is 13.0 Å². The number of hydrogen-bond acceptors (Lipinski definition) is 3. The van der Waals surface area contributed by atoms with Gasteiger partial charge in [-0.3, -0.25) is 4.98 Å². The van der Waals surface area contributed by atoms with Crippen molar-refractivity contribution in [1.29, 1.82) is 0 Å². The molecule has 0 radical (unpaired) electrons. The number of hydrogen-bond donors (Lipinski definition) is 0. The molecule has 0 atom stereocenters. The van der Waals surface area contributed by atoms with Crippen LogP contribution in [0.2, 0.25) is 0 Å². The summed E-state index contributed by atoms with van der Waals surface area (Å²) >= 11 is 0. The largest absolute Gasteiger partial charge is 0.317 e. The van der Waals surface area contributed by atoms with Crippen molar-refractivity contribution in [3.63, 3.8) is 0 Å². The first-order chi connectivity index (χ1) is 7.75. The average molecular weight is 216 g/mol. The molecule has 0 amide bonds. The first kappa shape index (κ1) is 10.8. The molecule has 16 heavy (non-hydrogen) atoms. The molecule has 0 aliphatic heterocycles. The molecule has 0 fully saturated rings. The molecule has 2 rings (SSSR count). The van der Waals surface area contributed by atoms with Gasteiger partial charge in [0.25, 0.3) is 0 Å². The Morgan fingerprint density at radius 3 is 2.94 bits per heavy atom. The Hall–Kier alpha value is -1.71. The Morgan fingerprint density at radius 1 is 1.38 bits per heavy atom. The van der Waals surface area contributed by atoms with E-state index in [2.05, 4.69) is 39.7 Å². The van der Waals surface area contributed by atoms with Crippen LogP contribution in [0.3, 0.4) is 0 Å². The highest BCUT2D eigenvalue weighted by molar-refractivity contribution is 5.14. The van der Waals surface area contributed by atoms with Gasteiger partial charge in [-0.2, -0.15) is 0 Å². The van der Waals surface area contributed by atoms with Gasteiger partial charge >= 0.3 is 0 Å². The van der Waals surface area contributed by atoms with Gasteiger partial charge in [-0.25, -0.2) is 0 Å². The summed E-state index contributed by atoms with van der Waals surface area (Å²) in [5.74, 6) is 1.60. The van der Waals surface area contributed by atoms with Crippen molar-refractivity contribution in [3.8, 4) is 0 Å². The lowest BCUT2D eigenvalue weighted by molar-refractivity contribution is 0.509. The number of pyridine rings is 1. The maximum absolute atomic E-state index is 4.15. The summed E-state index contributed by atoms with van der Waals surface area (Å²) in [6.45, 7) is 5.34. The first-order valence-corrected chi connectivity index (χ1v) is 5.51. The van der Waals surface area contributed by atoms with Crippen molar-refractivity contribution in [2.24, 2.45) is 5.92 Å². The van der Waals surface area contributed by atoms with Crippen molar-refractivity contribution in [2.45, 2.75) is 26.8 Å². The predicted octanol–water partition coefficient (Wildman–Crippen LogP) is 1.92. The van der Waals surface area contributed by atoms with Crippen LogP contribution in [0.25, 0.3) is 0 Å². The first-order valence-electron chi connectivity index (χ1n) is 5.51. The Balaban J connectivity index is 2.13. The van der Waals surface area contributed by atoms with Gasteiger partial charge < -0.3 is 4.57 Å². The molecule has 4 nitrogen and oxygen atoms in total. The lowest BCUT2D eigenvalue weighted by Gasteiger charge is -2.08. The summed E-state index contributed by atoms with van der Waals surface area (Å²) in [4.78, 5) is 4.10. The normalized spacial score (nSPS) is 10.9. The molecular formula is C12H16N4. The van der Waals surface area contributed by atoms with Gasteiger partial charge in [-0.15, -0.1) is 10.2 Å². The monoisotopic (exact) mass is 216 g/mol. The fraction of sp³-hybridized carbons (Fsp3) is 0.417. The Morgan fingerprint density at radius 2 is 2.25 bits per heavy atom. The maximum Gasteiger partial charge on any atom is 0.137 e. The summed E-state index contributed by atoms with van der Waals surface area (Å²) in [7, 11) is 0. The zero-order chi connectivity index (χ0) is 11.4. The van der Waals surface area contributed by atoms with E-state index < -0.39 is 0 Å². The summed E-state index contributed by atoms with van der Waals surface area (Å²) < 4.78 is 2.11. The van der Waals surface area contributed by atoms with Gasteiger partial charge in [-0.1, -0.05) is 19.9 Å². The van der Waals surface area contributed by atoms with Crippen LogP contribution in [0, 0.1) is 5.92 Å². The maximum atomic E-state index is 4.15. The SMILES string of the molecule is CC(C)Cn1cnnc1Cc1cccnc1. The molecule has 0 saturated carbocycles. The molecule has 0 spiro atoms. The van der Waals surface area contributed by atoms with Gasteiger partial charge in [-0.05, 0) is 17.5 Å². The topological polar surface area (TPSA) is 43.6 Å². The summed E-state index contributed by atoms with van der Waals surface area (Å²) in [6, 6.07) is 4.00. The molecule has 2 aromatic heterocycles. The number of aromatic nitrogens is 4. The zero-order valence-electron chi connectivity index (χ0n) is 9.67. The Kier molecular flexibility index (Phi) is 3.29. The lowest BCUT2D eigenvalue weighted by Crippen LogP contribution is -2.08. The molecule has 0 aromatic carbocycles. The minimum Gasteiger partial charge on any atom is -0.317 e. The second kappa shape index (κ2) is 4.88. The average Bonchev–Trinajstić information content (AvgIpc) is 2.66. The number of rotatable bonds is 4. The van der Waals surface area contributed by atoms with E-state index in [4.69, 9.17) is 0 Å². The Labute approximate surface area is 95.4 Å². The van der Waals surface area contributed by atoms with Crippen LogP contribution >= 0.6 is 0 Å². The second-order valence-electron chi connectivity index (χ2n) is 4.33. The van der Waals surface area contributed by atoms with Crippen molar-refractivity contribution in [2.75, 3.05) is 0 Å². The van der Waals surface area contributed by atoms with Gasteiger partial charge in [0.1, 0.15) is 12.2 Å². The molecule has 84 valence electrons. The molecular weight excluding hydrogens is 200 g/mol. The van der Waals surface area contributed by atoms with Crippen molar-refractivity contribution in [1.82, 2.24) is 19.7 Å². The zero-order valence-corrected chi connectivity index (χ0v) is 9.67. The Bertz CT molecular complexity index is 433. The minimum absolute atomic E-state index is 0.601. The molecule has 2 aromatic rings. The van der Waals surface area contributed by atoms with E-state index in [-0.39, 0.29) is 0 Å². The van der Waals surface area contributed by atoms with Crippen molar-refractivity contribution in [3.05, 3.63) is 42.2 Å². The standard InChI is InChI=1S/C12H16N4/c1-10(2)8-16-9-14-15-12(16)6-11-4-3-5-13-7-11/h3-5,7,9-10H,6,8H2,1-2H3. The van der Waals surface area contributed by atoms with Crippen LogP contribution in [-0.4, -0.2) is 19.7 Å². The quantitative estimate of drug-likeness (QED) is 0.784. The van der Waals surface area contributed by atoms with E-state index in [1.165, 1.54) is 5.56 Å². The fourth-order valence-electron chi connectivity index (χ4n) is 1.65. The molecule has 4 heteroatoms. The van der Waals surface area contributed by atoms with E-state index in [1.54, 1.807) is 12.5 Å². The van der Waals surface area contributed by atoms with E-state index in [0.717, 1.165) is 18.8 Å².